The minimum absolute atomic E-state index is 0.0789. The Kier molecular flexibility index (Phi) is 6.09. The second-order valence-corrected chi connectivity index (χ2v) is 10.0. The van der Waals surface area contributed by atoms with Crippen molar-refractivity contribution in [2.45, 2.75) is 32.4 Å². The fraction of sp³-hybridized carbons (Fsp3) is 0.375. The van der Waals surface area contributed by atoms with E-state index in [0.29, 0.717) is 35.5 Å². The first-order chi connectivity index (χ1) is 17.4. The molecule has 9 nitrogen and oxygen atoms in total. The quantitative estimate of drug-likeness (QED) is 0.330. The van der Waals surface area contributed by atoms with Gasteiger partial charge in [-0.25, -0.2) is 4.98 Å². The number of pyridine rings is 1. The Bertz CT molecular complexity index is 1470. The molecule has 194 valence electrons. The van der Waals surface area contributed by atoms with E-state index in [1.807, 2.05) is 25.7 Å². The van der Waals surface area contributed by atoms with Crippen molar-refractivity contribution < 1.29 is 26.9 Å². The molecule has 0 bridgehead atoms. The zero-order valence-corrected chi connectivity index (χ0v) is 20.9. The van der Waals surface area contributed by atoms with E-state index < -0.39 is 23.1 Å². The molecular weight excluding hydrogens is 513 g/mol. The average Bonchev–Trinajstić information content (AvgIpc) is 3.50. The maximum atomic E-state index is 14.0. The predicted molar refractivity (Wildman–Crippen MR) is 128 cm³/mol. The van der Waals surface area contributed by atoms with Crippen LogP contribution < -0.4 is 4.90 Å². The zero-order chi connectivity index (χ0) is 26.5. The minimum Gasteiger partial charge on any atom is -0.422 e. The Balaban J connectivity index is 1.34. The number of amides is 1. The Morgan fingerprint density at radius 1 is 1.00 bits per heavy atom. The van der Waals surface area contributed by atoms with Crippen molar-refractivity contribution in [3.63, 3.8) is 0 Å². The van der Waals surface area contributed by atoms with Crippen LogP contribution in [0.1, 0.15) is 42.6 Å². The monoisotopic (exact) mass is 534 g/mol. The summed E-state index contributed by atoms with van der Waals surface area (Å²) < 4.78 is 52.8. The van der Waals surface area contributed by atoms with E-state index in [4.69, 9.17) is 20.5 Å². The van der Waals surface area contributed by atoms with Crippen molar-refractivity contribution in [1.82, 2.24) is 25.0 Å². The molecule has 0 aliphatic carbocycles. The Labute approximate surface area is 214 Å². The van der Waals surface area contributed by atoms with Crippen LogP contribution >= 0.6 is 11.6 Å². The molecule has 0 unspecified atom stereocenters. The zero-order valence-electron chi connectivity index (χ0n) is 20.1. The average molecular weight is 535 g/mol. The molecule has 5 rings (SSSR count). The van der Waals surface area contributed by atoms with Gasteiger partial charge in [-0.1, -0.05) is 37.5 Å². The molecule has 0 atom stereocenters. The van der Waals surface area contributed by atoms with Gasteiger partial charge < -0.3 is 18.7 Å². The summed E-state index contributed by atoms with van der Waals surface area (Å²) in [5, 5.41) is 4.03. The lowest BCUT2D eigenvalue weighted by molar-refractivity contribution is -0.137. The predicted octanol–water partition coefficient (Wildman–Crippen LogP) is 5.20. The molecule has 1 saturated heterocycles. The van der Waals surface area contributed by atoms with E-state index in [9.17, 15) is 18.0 Å². The largest absolute Gasteiger partial charge is 0.422 e. The molecule has 0 saturated carbocycles. The molecule has 1 amide bonds. The Morgan fingerprint density at radius 3 is 2.38 bits per heavy atom. The number of carbonyl (C=O) groups is 1. The number of nitrogens with zero attached hydrogens (tertiary/aromatic N) is 6. The maximum Gasteiger partial charge on any atom is 0.417 e. The summed E-state index contributed by atoms with van der Waals surface area (Å²) in [6, 6.07) is 7.01. The van der Waals surface area contributed by atoms with Gasteiger partial charge in [-0.05, 0) is 30.3 Å². The van der Waals surface area contributed by atoms with Crippen LogP contribution in [0.25, 0.3) is 22.6 Å². The molecule has 4 aromatic rings. The molecule has 1 fully saturated rings. The summed E-state index contributed by atoms with van der Waals surface area (Å²) in [6.45, 7) is 6.75. The number of aromatic nitrogens is 4. The first-order valence-electron chi connectivity index (χ1n) is 11.4. The van der Waals surface area contributed by atoms with Crippen LogP contribution in [0.5, 0.6) is 0 Å². The molecule has 1 aliphatic heterocycles. The summed E-state index contributed by atoms with van der Waals surface area (Å²) in [6.07, 6.45) is -4.73. The lowest BCUT2D eigenvalue weighted by Gasteiger charge is -2.34. The lowest BCUT2D eigenvalue weighted by atomic mass is 9.97. The first-order valence-corrected chi connectivity index (χ1v) is 11.8. The van der Waals surface area contributed by atoms with Crippen molar-refractivity contribution >= 4 is 34.8 Å². The molecule has 0 radical (unpaired) electrons. The van der Waals surface area contributed by atoms with Crippen LogP contribution in [0.3, 0.4) is 0 Å². The molecule has 0 N–H and O–H groups in total. The van der Waals surface area contributed by atoms with Gasteiger partial charge in [0.2, 0.25) is 17.4 Å². The van der Waals surface area contributed by atoms with Gasteiger partial charge in [-0.15, -0.1) is 0 Å². The highest BCUT2D eigenvalue weighted by molar-refractivity contribution is 6.29. The van der Waals surface area contributed by atoms with Gasteiger partial charge in [0, 0.05) is 42.7 Å². The van der Waals surface area contributed by atoms with E-state index in [0.717, 1.165) is 6.07 Å². The highest BCUT2D eigenvalue weighted by Crippen LogP contribution is 2.37. The van der Waals surface area contributed by atoms with Crippen molar-refractivity contribution in [2.75, 3.05) is 31.1 Å². The van der Waals surface area contributed by atoms with Crippen molar-refractivity contribution in [1.29, 1.82) is 0 Å². The number of hydrogen-bond acceptors (Lipinski definition) is 8. The fourth-order valence-corrected chi connectivity index (χ4v) is 4.09. The summed E-state index contributed by atoms with van der Waals surface area (Å²) in [4.78, 5) is 29.0. The second kappa shape index (κ2) is 9.02. The summed E-state index contributed by atoms with van der Waals surface area (Å²) in [5.41, 5.74) is -1.01. The Hall–Kier alpha value is -3.67. The fourth-order valence-electron chi connectivity index (χ4n) is 3.95. The third kappa shape index (κ3) is 4.97. The van der Waals surface area contributed by atoms with Gasteiger partial charge >= 0.3 is 6.18 Å². The van der Waals surface area contributed by atoms with E-state index in [1.54, 1.807) is 12.1 Å². The summed E-state index contributed by atoms with van der Waals surface area (Å²) in [5.74, 6) is -0.475. The van der Waals surface area contributed by atoms with Gasteiger partial charge in [0.25, 0.3) is 11.9 Å². The van der Waals surface area contributed by atoms with Crippen LogP contribution in [-0.2, 0) is 11.6 Å². The number of carbonyl (C=O) groups excluding carboxylic acids is 1. The van der Waals surface area contributed by atoms with Gasteiger partial charge in [0.15, 0.2) is 5.58 Å². The van der Waals surface area contributed by atoms with Crippen LogP contribution in [0.2, 0.25) is 5.15 Å². The Morgan fingerprint density at radius 2 is 1.73 bits per heavy atom. The number of anilines is 1. The number of rotatable bonds is 3. The lowest BCUT2D eigenvalue weighted by Crippen LogP contribution is -2.49. The van der Waals surface area contributed by atoms with E-state index in [-0.39, 0.29) is 35.9 Å². The van der Waals surface area contributed by atoms with Crippen LogP contribution in [0.15, 0.2) is 39.3 Å². The number of fused-ring (bicyclic) bond motifs is 1. The topological polar surface area (TPSA) is 101 Å². The molecular formula is C24H22ClF3N6O3. The van der Waals surface area contributed by atoms with Crippen LogP contribution in [-0.4, -0.2) is 57.1 Å². The van der Waals surface area contributed by atoms with Gasteiger partial charge in [0.1, 0.15) is 5.15 Å². The maximum absolute atomic E-state index is 14.0. The summed E-state index contributed by atoms with van der Waals surface area (Å²) in [7, 11) is 0. The highest BCUT2D eigenvalue weighted by Gasteiger charge is 2.37. The number of oxazole rings is 1. The van der Waals surface area contributed by atoms with Crippen molar-refractivity contribution in [3.05, 3.63) is 52.5 Å². The molecule has 1 aliphatic rings. The van der Waals surface area contributed by atoms with E-state index in [1.165, 1.54) is 17.0 Å². The number of halogens is 4. The minimum atomic E-state index is -4.73. The smallest absolute Gasteiger partial charge is 0.417 e. The summed E-state index contributed by atoms with van der Waals surface area (Å²) >= 11 is 5.90. The third-order valence-corrected chi connectivity index (χ3v) is 6.14. The van der Waals surface area contributed by atoms with Crippen LogP contribution in [0.4, 0.5) is 19.2 Å². The van der Waals surface area contributed by atoms with Gasteiger partial charge in [-0.3, -0.25) is 4.79 Å². The molecule has 0 spiro atoms. The molecule has 37 heavy (non-hydrogen) atoms. The van der Waals surface area contributed by atoms with Gasteiger partial charge in [-0.2, -0.15) is 23.1 Å². The second-order valence-electron chi connectivity index (χ2n) is 9.66. The SMILES string of the molecule is CC(C)(C)c1nc(-c2ccc(C(=O)N3CCN(c4nc5nc(Cl)ccc5o4)CC3)cc2C(F)(F)F)no1. The van der Waals surface area contributed by atoms with Crippen LogP contribution in [0, 0.1) is 0 Å². The standard InChI is InChI=1S/C24H22ClF3N6O3/c1-23(2,3)21-30-18(32-37-21)14-5-4-13(12-15(14)24(26,27)28)20(35)33-8-10-34(11-9-33)22-31-19-16(36-22)6-7-17(25)29-19/h4-7,12H,8-11H2,1-3H3. The molecule has 4 heterocycles. The third-order valence-electron chi connectivity index (χ3n) is 5.93. The first kappa shape index (κ1) is 25.0. The number of alkyl halides is 3. The number of hydrogen-bond donors (Lipinski definition) is 0. The highest BCUT2D eigenvalue weighted by atomic mass is 35.5. The van der Waals surface area contributed by atoms with Gasteiger partial charge in [0.05, 0.1) is 5.56 Å². The molecule has 1 aromatic carbocycles. The molecule has 3 aromatic heterocycles. The number of benzene rings is 1. The van der Waals surface area contributed by atoms with Crippen molar-refractivity contribution in [2.24, 2.45) is 0 Å². The van der Waals surface area contributed by atoms with Crippen molar-refractivity contribution in [3.8, 4) is 11.4 Å². The normalized spacial score (nSPS) is 15.0. The number of piperazine rings is 1. The van der Waals surface area contributed by atoms with E-state index >= 15 is 0 Å². The van der Waals surface area contributed by atoms with E-state index in [2.05, 4.69) is 20.1 Å². The molecule has 13 heteroatoms.